The van der Waals surface area contributed by atoms with Gasteiger partial charge in [0.1, 0.15) is 33.1 Å². The van der Waals surface area contributed by atoms with E-state index in [2.05, 4.69) is 10.3 Å². The average molecular weight is 383 g/mol. The van der Waals surface area contributed by atoms with E-state index in [0.29, 0.717) is 26.6 Å². The van der Waals surface area contributed by atoms with Crippen LogP contribution in [0.1, 0.15) is 20.8 Å². The fourth-order valence-corrected chi connectivity index (χ4v) is 3.54. The second-order valence-electron chi connectivity index (χ2n) is 5.63. The number of pyridine rings is 1. The number of amides is 1. The summed E-state index contributed by atoms with van der Waals surface area (Å²) in [4.78, 5) is 17.6. The van der Waals surface area contributed by atoms with Crippen molar-refractivity contribution in [2.75, 3.05) is 25.7 Å². The highest BCUT2D eigenvalue weighted by Gasteiger charge is 2.19. The Hall–Kier alpha value is -3.51. The van der Waals surface area contributed by atoms with E-state index in [-0.39, 0.29) is 29.5 Å². The summed E-state index contributed by atoms with van der Waals surface area (Å²) < 4.78 is 10.4. The topological polar surface area (TPSA) is 136 Å². The minimum absolute atomic E-state index is 0.113. The molecule has 8 nitrogen and oxygen atoms in total. The third-order valence-electron chi connectivity index (χ3n) is 3.94. The molecule has 0 saturated carbocycles. The molecule has 0 radical (unpaired) electrons. The van der Waals surface area contributed by atoms with Crippen LogP contribution in [-0.4, -0.2) is 25.1 Å². The number of aromatic nitrogens is 1. The zero-order valence-corrected chi connectivity index (χ0v) is 15.5. The Morgan fingerprint density at radius 3 is 2.48 bits per heavy atom. The number of nitrogens with one attached hydrogen (secondary N) is 1. The molecule has 138 valence electrons. The lowest BCUT2D eigenvalue weighted by Crippen LogP contribution is -2.22. The lowest BCUT2D eigenvalue weighted by atomic mass is 10.2. The van der Waals surface area contributed by atoms with Crippen LogP contribution in [0.2, 0.25) is 0 Å². The van der Waals surface area contributed by atoms with Gasteiger partial charge >= 0.3 is 0 Å². The lowest BCUT2D eigenvalue weighted by Gasteiger charge is -2.09. The molecule has 0 atom stereocenters. The van der Waals surface area contributed by atoms with E-state index in [1.165, 1.54) is 0 Å². The van der Waals surface area contributed by atoms with E-state index in [0.717, 1.165) is 16.9 Å². The normalized spacial score (nSPS) is 10.4. The third-order valence-corrected chi connectivity index (χ3v) is 5.06. The molecule has 0 aliphatic heterocycles. The molecule has 3 rings (SSSR count). The number of thiophene rings is 1. The summed E-state index contributed by atoms with van der Waals surface area (Å²) in [6, 6.07) is 8.86. The van der Waals surface area contributed by atoms with Gasteiger partial charge in [-0.1, -0.05) is 0 Å². The number of hydrogen-bond donors (Lipinski definition) is 3. The predicted molar refractivity (Wildman–Crippen MR) is 104 cm³/mol. The molecule has 2 aromatic heterocycles. The molecule has 0 fully saturated rings. The number of nitrogens with two attached hydrogens (primary N) is 2. The molecule has 9 heteroatoms. The summed E-state index contributed by atoms with van der Waals surface area (Å²) in [5, 5.41) is 12.4. The van der Waals surface area contributed by atoms with Gasteiger partial charge in [0.15, 0.2) is 0 Å². The molecular formula is C18H17N5O3S. The largest absolute Gasteiger partial charge is 0.497 e. The zero-order valence-electron chi connectivity index (χ0n) is 14.7. The SMILES string of the molecule is COc1cc(CNC(=O)c2sc3nc(N)c(C#N)cc3c2N)cc(OC)c1. The fraction of sp³-hybridized carbons (Fsp3) is 0.167. The minimum atomic E-state index is -0.339. The van der Waals surface area contributed by atoms with Crippen molar-refractivity contribution in [3.63, 3.8) is 0 Å². The first-order chi connectivity index (χ1) is 13.0. The molecule has 5 N–H and O–H groups in total. The van der Waals surface area contributed by atoms with Crippen molar-refractivity contribution in [2.24, 2.45) is 0 Å². The molecule has 1 amide bonds. The number of methoxy groups -OCH3 is 2. The Bertz CT molecular complexity index is 1050. The van der Waals surface area contributed by atoms with Gasteiger partial charge in [0.2, 0.25) is 0 Å². The number of ether oxygens (including phenoxy) is 2. The van der Waals surface area contributed by atoms with Gasteiger partial charge in [-0.2, -0.15) is 5.26 Å². The molecule has 27 heavy (non-hydrogen) atoms. The first kappa shape index (κ1) is 18.3. The Morgan fingerprint density at radius 1 is 1.22 bits per heavy atom. The van der Waals surface area contributed by atoms with Crippen LogP contribution in [0.3, 0.4) is 0 Å². The Kier molecular flexibility index (Phi) is 5.00. The molecule has 0 aliphatic carbocycles. The van der Waals surface area contributed by atoms with E-state index in [1.54, 1.807) is 38.5 Å². The van der Waals surface area contributed by atoms with Crippen LogP contribution >= 0.6 is 11.3 Å². The van der Waals surface area contributed by atoms with Crippen molar-refractivity contribution >= 4 is 39.0 Å². The quantitative estimate of drug-likeness (QED) is 0.615. The molecule has 1 aromatic carbocycles. The van der Waals surface area contributed by atoms with E-state index in [9.17, 15) is 4.79 Å². The van der Waals surface area contributed by atoms with Gasteiger partial charge in [0, 0.05) is 18.0 Å². The zero-order chi connectivity index (χ0) is 19.6. The van der Waals surface area contributed by atoms with Gasteiger partial charge < -0.3 is 26.3 Å². The van der Waals surface area contributed by atoms with Crippen molar-refractivity contribution in [1.29, 1.82) is 5.26 Å². The first-order valence-corrected chi connectivity index (χ1v) is 8.67. The van der Waals surface area contributed by atoms with Crippen molar-refractivity contribution in [1.82, 2.24) is 10.3 Å². The number of carbonyl (C=O) groups is 1. The Labute approximate surface area is 159 Å². The monoisotopic (exact) mass is 383 g/mol. The summed E-state index contributed by atoms with van der Waals surface area (Å²) in [7, 11) is 3.12. The molecule has 0 bridgehead atoms. The summed E-state index contributed by atoms with van der Waals surface area (Å²) in [5.41, 5.74) is 13.1. The predicted octanol–water partition coefficient (Wildman–Crippen LogP) is 2.28. The summed E-state index contributed by atoms with van der Waals surface area (Å²) in [6.07, 6.45) is 0. The maximum atomic E-state index is 12.6. The molecule has 0 spiro atoms. The van der Waals surface area contributed by atoms with Crippen LogP contribution in [0.4, 0.5) is 11.5 Å². The summed E-state index contributed by atoms with van der Waals surface area (Å²) >= 11 is 1.13. The smallest absolute Gasteiger partial charge is 0.263 e. The number of nitriles is 1. The summed E-state index contributed by atoms with van der Waals surface area (Å²) in [5.74, 6) is 1.03. The van der Waals surface area contributed by atoms with Crippen LogP contribution in [0.25, 0.3) is 10.2 Å². The van der Waals surface area contributed by atoms with Crippen molar-refractivity contribution < 1.29 is 14.3 Å². The van der Waals surface area contributed by atoms with Gasteiger partial charge in [-0.3, -0.25) is 4.79 Å². The second-order valence-corrected chi connectivity index (χ2v) is 6.63. The third kappa shape index (κ3) is 3.56. The number of carbonyl (C=O) groups excluding carboxylic acids is 1. The highest BCUT2D eigenvalue weighted by Crippen LogP contribution is 2.34. The van der Waals surface area contributed by atoms with Gasteiger partial charge in [0.25, 0.3) is 5.91 Å². The average Bonchev–Trinajstić information content (AvgIpc) is 3.00. The molecular weight excluding hydrogens is 366 g/mol. The maximum Gasteiger partial charge on any atom is 0.263 e. The van der Waals surface area contributed by atoms with Crippen LogP contribution in [0.5, 0.6) is 11.5 Å². The van der Waals surface area contributed by atoms with Gasteiger partial charge in [-0.15, -0.1) is 11.3 Å². The molecule has 0 unspecified atom stereocenters. The lowest BCUT2D eigenvalue weighted by molar-refractivity contribution is 0.0955. The van der Waals surface area contributed by atoms with Crippen LogP contribution < -0.4 is 26.3 Å². The van der Waals surface area contributed by atoms with Gasteiger partial charge in [-0.05, 0) is 23.8 Å². The van der Waals surface area contributed by atoms with E-state index < -0.39 is 0 Å². The molecule has 2 heterocycles. The van der Waals surface area contributed by atoms with Gasteiger partial charge in [-0.25, -0.2) is 4.98 Å². The van der Waals surface area contributed by atoms with E-state index in [1.807, 2.05) is 6.07 Å². The van der Waals surface area contributed by atoms with Gasteiger partial charge in [0.05, 0.1) is 25.5 Å². The second kappa shape index (κ2) is 7.39. The van der Waals surface area contributed by atoms with Crippen LogP contribution in [0.15, 0.2) is 24.3 Å². The number of rotatable bonds is 5. The highest BCUT2D eigenvalue weighted by atomic mass is 32.1. The molecule has 3 aromatic rings. The Morgan fingerprint density at radius 2 is 1.89 bits per heavy atom. The van der Waals surface area contributed by atoms with E-state index >= 15 is 0 Å². The Balaban J connectivity index is 1.85. The number of hydrogen-bond acceptors (Lipinski definition) is 8. The minimum Gasteiger partial charge on any atom is -0.497 e. The molecule has 0 saturated heterocycles. The highest BCUT2D eigenvalue weighted by molar-refractivity contribution is 7.21. The van der Waals surface area contributed by atoms with Crippen LogP contribution in [-0.2, 0) is 6.54 Å². The van der Waals surface area contributed by atoms with Crippen LogP contribution in [0, 0.1) is 11.3 Å². The number of nitrogens with zero attached hydrogens (tertiary/aromatic N) is 2. The van der Waals surface area contributed by atoms with Crippen molar-refractivity contribution in [3.8, 4) is 17.6 Å². The number of fused-ring (bicyclic) bond motifs is 1. The number of nitrogen functional groups attached to an aromatic ring is 2. The van der Waals surface area contributed by atoms with E-state index in [4.69, 9.17) is 26.2 Å². The molecule has 0 aliphatic rings. The summed E-state index contributed by atoms with van der Waals surface area (Å²) in [6.45, 7) is 0.263. The first-order valence-electron chi connectivity index (χ1n) is 7.85. The maximum absolute atomic E-state index is 12.6. The fourth-order valence-electron chi connectivity index (χ4n) is 2.54. The van der Waals surface area contributed by atoms with Crippen molar-refractivity contribution in [2.45, 2.75) is 6.54 Å². The standard InChI is InChI=1S/C18H17N5O3S/c1-25-11-3-9(4-12(6-11)26-2)8-22-17(24)15-14(20)13-5-10(7-19)16(21)23-18(13)27-15/h3-6H,8,20H2,1-2H3,(H2,21,23)(H,22,24). The number of benzene rings is 1. The van der Waals surface area contributed by atoms with Crippen molar-refractivity contribution in [3.05, 3.63) is 40.3 Å². The number of anilines is 2.